The van der Waals surface area contributed by atoms with Gasteiger partial charge in [-0.3, -0.25) is 4.79 Å². The summed E-state index contributed by atoms with van der Waals surface area (Å²) in [6, 6.07) is 6.39. The Labute approximate surface area is 148 Å². The van der Waals surface area contributed by atoms with Crippen LogP contribution in [0.2, 0.25) is 0 Å². The lowest BCUT2D eigenvalue weighted by atomic mass is 9.92. The number of nitrogens with one attached hydrogen (secondary N) is 2. The summed E-state index contributed by atoms with van der Waals surface area (Å²) in [5, 5.41) is 3.38. The van der Waals surface area contributed by atoms with Crippen molar-refractivity contribution >= 4 is 16.8 Å². The van der Waals surface area contributed by atoms with E-state index in [4.69, 9.17) is 0 Å². The van der Waals surface area contributed by atoms with Crippen molar-refractivity contribution in [2.24, 2.45) is 11.8 Å². The van der Waals surface area contributed by atoms with Crippen molar-refractivity contribution in [1.82, 2.24) is 15.2 Å². The maximum absolute atomic E-state index is 13.7. The molecule has 2 atom stereocenters. The summed E-state index contributed by atoms with van der Waals surface area (Å²) in [5.74, 6) is 1.09. The number of hydrogen-bond acceptors (Lipinski definition) is 2. The topological polar surface area (TPSA) is 48.1 Å². The highest BCUT2D eigenvalue weighted by Crippen LogP contribution is 2.21. The van der Waals surface area contributed by atoms with Crippen LogP contribution in [0, 0.1) is 17.7 Å². The number of aromatic amines is 1. The van der Waals surface area contributed by atoms with E-state index in [-0.39, 0.29) is 11.7 Å². The van der Waals surface area contributed by atoms with Crippen molar-refractivity contribution in [3.05, 3.63) is 35.8 Å². The summed E-state index contributed by atoms with van der Waals surface area (Å²) in [7, 11) is 0. The number of likely N-dealkylation sites (tertiary alicyclic amines) is 1. The first-order valence-corrected chi connectivity index (χ1v) is 9.30. The Morgan fingerprint density at radius 1 is 1.28 bits per heavy atom. The quantitative estimate of drug-likeness (QED) is 0.783. The van der Waals surface area contributed by atoms with Gasteiger partial charge in [-0.1, -0.05) is 19.9 Å². The molecular weight excluding hydrogens is 317 g/mol. The van der Waals surface area contributed by atoms with Gasteiger partial charge in [0.2, 0.25) is 0 Å². The Kier molecular flexibility index (Phi) is 5.74. The van der Waals surface area contributed by atoms with Gasteiger partial charge in [0.05, 0.1) is 0 Å². The van der Waals surface area contributed by atoms with Crippen LogP contribution in [0.5, 0.6) is 0 Å². The Balaban J connectivity index is 1.41. The van der Waals surface area contributed by atoms with Gasteiger partial charge in [-0.2, -0.15) is 0 Å². The minimum absolute atomic E-state index is 0.171. The fraction of sp³-hybridized carbons (Fsp3) is 0.550. The van der Waals surface area contributed by atoms with Crippen molar-refractivity contribution in [2.75, 3.05) is 26.2 Å². The van der Waals surface area contributed by atoms with Gasteiger partial charge in [0.15, 0.2) is 0 Å². The third-order valence-electron chi connectivity index (χ3n) is 4.99. The molecule has 1 aliphatic heterocycles. The minimum Gasteiger partial charge on any atom is -0.351 e. The number of piperidine rings is 1. The van der Waals surface area contributed by atoms with Gasteiger partial charge in [-0.25, -0.2) is 4.39 Å². The number of aromatic nitrogens is 1. The SMILES string of the molecule is CC1CC(C)CN(CCCCNC(=O)c2cc3c(F)cccc3[nH]2)C1. The summed E-state index contributed by atoms with van der Waals surface area (Å²) in [4.78, 5) is 17.7. The highest BCUT2D eigenvalue weighted by atomic mass is 19.1. The van der Waals surface area contributed by atoms with Crippen molar-refractivity contribution < 1.29 is 9.18 Å². The van der Waals surface area contributed by atoms with Crippen LogP contribution < -0.4 is 5.32 Å². The molecule has 0 spiro atoms. The number of rotatable bonds is 6. The Bertz CT molecular complexity index is 717. The third kappa shape index (κ3) is 4.60. The maximum atomic E-state index is 13.7. The van der Waals surface area contributed by atoms with Crippen molar-refractivity contribution in [1.29, 1.82) is 0 Å². The summed E-state index contributed by atoms with van der Waals surface area (Å²) in [6.07, 6.45) is 3.37. The Hall–Kier alpha value is -1.88. The molecule has 2 aromatic rings. The second kappa shape index (κ2) is 8.00. The number of halogens is 1. The van der Waals surface area contributed by atoms with E-state index in [1.807, 2.05) is 0 Å². The van der Waals surface area contributed by atoms with Crippen LogP contribution in [0.1, 0.15) is 43.6 Å². The molecule has 4 nitrogen and oxygen atoms in total. The zero-order valence-electron chi connectivity index (χ0n) is 15.1. The zero-order chi connectivity index (χ0) is 17.8. The van der Waals surface area contributed by atoms with Crippen molar-refractivity contribution in [3.63, 3.8) is 0 Å². The second-order valence-corrected chi connectivity index (χ2v) is 7.55. The van der Waals surface area contributed by atoms with E-state index in [0.717, 1.165) is 31.2 Å². The highest BCUT2D eigenvalue weighted by molar-refractivity contribution is 5.98. The number of amides is 1. The molecule has 2 heterocycles. The molecule has 1 fully saturated rings. The average Bonchev–Trinajstić information content (AvgIpc) is 2.99. The molecular formula is C20H28FN3O. The van der Waals surface area contributed by atoms with Crippen molar-refractivity contribution in [2.45, 2.75) is 33.1 Å². The largest absolute Gasteiger partial charge is 0.351 e. The van der Waals surface area contributed by atoms with Crippen LogP contribution in [-0.2, 0) is 0 Å². The fourth-order valence-corrected chi connectivity index (χ4v) is 3.97. The molecule has 0 aliphatic carbocycles. The lowest BCUT2D eigenvalue weighted by Gasteiger charge is -2.34. The first-order valence-electron chi connectivity index (χ1n) is 9.30. The average molecular weight is 345 g/mol. The van der Waals surface area contributed by atoms with Crippen LogP contribution in [0.15, 0.2) is 24.3 Å². The molecule has 1 aromatic heterocycles. The summed E-state index contributed by atoms with van der Waals surface area (Å²) < 4.78 is 13.7. The molecule has 1 saturated heterocycles. The zero-order valence-corrected chi connectivity index (χ0v) is 15.1. The van der Waals surface area contributed by atoms with E-state index >= 15 is 0 Å². The lowest BCUT2D eigenvalue weighted by Crippen LogP contribution is -2.39. The molecule has 1 aromatic carbocycles. The number of unbranched alkanes of at least 4 members (excludes halogenated alkanes) is 1. The molecule has 1 aliphatic rings. The van der Waals surface area contributed by atoms with E-state index in [1.165, 1.54) is 25.6 Å². The molecule has 25 heavy (non-hydrogen) atoms. The monoisotopic (exact) mass is 345 g/mol. The van der Waals surface area contributed by atoms with Crippen LogP contribution in [0.3, 0.4) is 0 Å². The number of fused-ring (bicyclic) bond motifs is 1. The minimum atomic E-state index is -0.308. The summed E-state index contributed by atoms with van der Waals surface area (Å²) >= 11 is 0. The fourth-order valence-electron chi connectivity index (χ4n) is 3.97. The Morgan fingerprint density at radius 3 is 2.76 bits per heavy atom. The Morgan fingerprint density at radius 2 is 2.04 bits per heavy atom. The van der Waals surface area contributed by atoms with Crippen LogP contribution in [0.25, 0.3) is 10.9 Å². The van der Waals surface area contributed by atoms with Gasteiger partial charge in [-0.15, -0.1) is 0 Å². The third-order valence-corrected chi connectivity index (χ3v) is 4.99. The number of carbonyl (C=O) groups excluding carboxylic acids is 1. The summed E-state index contributed by atoms with van der Waals surface area (Å²) in [5.41, 5.74) is 1.07. The molecule has 0 saturated carbocycles. The molecule has 0 bridgehead atoms. The predicted octanol–water partition coefficient (Wildman–Crippen LogP) is 3.79. The van der Waals surface area contributed by atoms with Crippen LogP contribution >= 0.6 is 0 Å². The summed E-state index contributed by atoms with van der Waals surface area (Å²) in [6.45, 7) is 8.78. The highest BCUT2D eigenvalue weighted by Gasteiger charge is 2.21. The van der Waals surface area contributed by atoms with Gasteiger partial charge in [0, 0.05) is 30.5 Å². The van der Waals surface area contributed by atoms with Crippen molar-refractivity contribution in [3.8, 4) is 0 Å². The van der Waals surface area contributed by atoms with E-state index in [1.54, 1.807) is 18.2 Å². The van der Waals surface area contributed by atoms with E-state index < -0.39 is 0 Å². The number of H-pyrrole nitrogens is 1. The van der Waals surface area contributed by atoms with Gasteiger partial charge in [0.25, 0.3) is 5.91 Å². The van der Waals surface area contributed by atoms with E-state index in [2.05, 4.69) is 29.0 Å². The molecule has 1 amide bonds. The second-order valence-electron chi connectivity index (χ2n) is 7.55. The molecule has 2 N–H and O–H groups in total. The van der Waals surface area contributed by atoms with Crippen LogP contribution in [-0.4, -0.2) is 42.0 Å². The smallest absolute Gasteiger partial charge is 0.267 e. The number of hydrogen-bond donors (Lipinski definition) is 2. The first kappa shape index (κ1) is 17.9. The lowest BCUT2D eigenvalue weighted by molar-refractivity contribution is 0.0947. The molecule has 136 valence electrons. The van der Waals surface area contributed by atoms with Gasteiger partial charge in [0.1, 0.15) is 11.5 Å². The molecule has 5 heteroatoms. The number of benzene rings is 1. The predicted molar refractivity (Wildman–Crippen MR) is 99.2 cm³/mol. The van der Waals surface area contributed by atoms with E-state index in [9.17, 15) is 9.18 Å². The number of nitrogens with zero attached hydrogens (tertiary/aromatic N) is 1. The number of carbonyl (C=O) groups is 1. The van der Waals surface area contributed by atoms with Gasteiger partial charge in [-0.05, 0) is 55.8 Å². The molecule has 2 unspecified atom stereocenters. The standard InChI is InChI=1S/C20H28FN3O/c1-14-10-15(2)13-24(12-14)9-4-3-8-22-20(25)19-11-16-17(21)6-5-7-18(16)23-19/h5-7,11,14-15,23H,3-4,8-10,12-13H2,1-2H3,(H,22,25). The molecule has 0 radical (unpaired) electrons. The molecule has 3 rings (SSSR count). The van der Waals surface area contributed by atoms with E-state index in [0.29, 0.717) is 23.1 Å². The maximum Gasteiger partial charge on any atom is 0.267 e. The van der Waals surface area contributed by atoms with Gasteiger partial charge >= 0.3 is 0 Å². The normalized spacial score (nSPS) is 21.6. The van der Waals surface area contributed by atoms with Crippen LogP contribution in [0.4, 0.5) is 4.39 Å². The first-order chi connectivity index (χ1) is 12.0. The van der Waals surface area contributed by atoms with Gasteiger partial charge < -0.3 is 15.2 Å².